The van der Waals surface area contributed by atoms with Gasteiger partial charge in [-0.2, -0.15) is 0 Å². The van der Waals surface area contributed by atoms with E-state index in [0.29, 0.717) is 0 Å². The number of rotatable bonds is 6. The average Bonchev–Trinajstić information content (AvgIpc) is 3.27. The van der Waals surface area contributed by atoms with E-state index in [-0.39, 0.29) is 0 Å². The summed E-state index contributed by atoms with van der Waals surface area (Å²) >= 11 is 1.72. The Labute approximate surface area is 196 Å². The summed E-state index contributed by atoms with van der Waals surface area (Å²) in [5.74, 6) is 4.40. The van der Waals surface area contributed by atoms with Crippen molar-refractivity contribution in [3.8, 4) is 12.3 Å². The van der Waals surface area contributed by atoms with E-state index >= 15 is 0 Å². The molecule has 0 aliphatic carbocycles. The van der Waals surface area contributed by atoms with Gasteiger partial charge in [-0.15, -0.1) is 17.8 Å². The Hall–Kier alpha value is -2.87. The van der Waals surface area contributed by atoms with Crippen molar-refractivity contribution in [1.82, 2.24) is 9.80 Å². The van der Waals surface area contributed by atoms with Gasteiger partial charge in [-0.05, 0) is 60.9 Å². The molecule has 4 rings (SSSR count). The zero-order chi connectivity index (χ0) is 22.5. The second-order valence-corrected chi connectivity index (χ2v) is 9.48. The molecule has 0 saturated carbocycles. The van der Waals surface area contributed by atoms with Gasteiger partial charge >= 0.3 is 0 Å². The number of hydrogen-bond donors (Lipinski definition) is 0. The van der Waals surface area contributed by atoms with E-state index in [4.69, 9.17) is 11.4 Å². The molecule has 3 nitrogen and oxygen atoms in total. The van der Waals surface area contributed by atoms with Crippen LogP contribution in [0.1, 0.15) is 42.7 Å². The van der Waals surface area contributed by atoms with E-state index in [2.05, 4.69) is 64.9 Å². The van der Waals surface area contributed by atoms with Gasteiger partial charge in [0.15, 0.2) is 0 Å². The summed E-state index contributed by atoms with van der Waals surface area (Å²) in [7, 11) is 0. The molecular weight excluding hydrogens is 410 g/mol. The maximum absolute atomic E-state index is 5.52. The second-order valence-electron chi connectivity index (χ2n) is 8.56. The minimum absolute atomic E-state index is 0.778. The summed E-state index contributed by atoms with van der Waals surface area (Å²) in [5, 5.41) is 2.10. The van der Waals surface area contributed by atoms with Crippen LogP contribution < -0.4 is 0 Å². The Morgan fingerprint density at radius 1 is 1.28 bits per heavy atom. The van der Waals surface area contributed by atoms with Gasteiger partial charge in [-0.1, -0.05) is 55.8 Å². The van der Waals surface area contributed by atoms with E-state index in [1.54, 1.807) is 17.4 Å². The number of hydrogen-bond acceptors (Lipinski definition) is 4. The number of fused-ring (bicyclic) bond motifs is 1. The van der Waals surface area contributed by atoms with Crippen LogP contribution >= 0.6 is 11.3 Å². The minimum atomic E-state index is 0.778. The first kappa shape index (κ1) is 22.3. The monoisotopic (exact) mass is 441 g/mol. The van der Waals surface area contributed by atoms with E-state index in [1.807, 2.05) is 19.1 Å². The molecule has 1 saturated heterocycles. The number of thiophene rings is 1. The van der Waals surface area contributed by atoms with Crippen LogP contribution in [0.25, 0.3) is 11.3 Å². The summed E-state index contributed by atoms with van der Waals surface area (Å²) in [6.07, 6.45) is 14.0. The van der Waals surface area contributed by atoms with Crippen LogP contribution in [0, 0.1) is 18.3 Å². The van der Waals surface area contributed by atoms with Gasteiger partial charge in [-0.25, -0.2) is 4.99 Å². The molecule has 4 heteroatoms. The first-order valence-electron chi connectivity index (χ1n) is 11.4. The number of piperidine rings is 1. The highest BCUT2D eigenvalue weighted by Crippen LogP contribution is 2.38. The van der Waals surface area contributed by atoms with Crippen molar-refractivity contribution in [3.05, 3.63) is 76.5 Å². The summed E-state index contributed by atoms with van der Waals surface area (Å²) in [6.45, 7) is 13.1. The first-order valence-corrected chi connectivity index (χ1v) is 12.2. The number of amidine groups is 1. The molecule has 0 N–H and O–H groups in total. The number of likely N-dealkylation sites (tertiary alicyclic amines) is 1. The molecule has 2 aliphatic heterocycles. The van der Waals surface area contributed by atoms with Gasteiger partial charge in [0, 0.05) is 25.2 Å². The molecule has 2 aromatic rings. The number of allylic oxidation sites excluding steroid dienone is 4. The van der Waals surface area contributed by atoms with E-state index in [9.17, 15) is 0 Å². The Kier molecular flexibility index (Phi) is 7.09. The maximum atomic E-state index is 5.52. The van der Waals surface area contributed by atoms with Crippen LogP contribution in [0.2, 0.25) is 0 Å². The highest BCUT2D eigenvalue weighted by Gasteiger charge is 2.27. The summed E-state index contributed by atoms with van der Waals surface area (Å²) in [5.41, 5.74) is 5.30. The molecular formula is C28H31N3S. The lowest BCUT2D eigenvalue weighted by Gasteiger charge is -2.35. The first-order chi connectivity index (χ1) is 15.6. The van der Waals surface area contributed by atoms with Gasteiger partial charge in [0.05, 0.1) is 16.3 Å². The molecule has 3 heterocycles. The number of benzene rings is 1. The molecule has 1 aromatic heterocycles. The minimum Gasteiger partial charge on any atom is -0.324 e. The van der Waals surface area contributed by atoms with Gasteiger partial charge in [0.25, 0.3) is 0 Å². The number of nitrogens with zero attached hydrogens (tertiary/aromatic N) is 3. The van der Waals surface area contributed by atoms with Crippen molar-refractivity contribution in [3.63, 3.8) is 0 Å². The molecule has 1 fully saturated rings. The molecule has 1 unspecified atom stereocenters. The Bertz CT molecular complexity index is 1090. The lowest BCUT2D eigenvalue weighted by Crippen LogP contribution is -2.42. The van der Waals surface area contributed by atoms with Gasteiger partial charge in [0.1, 0.15) is 5.84 Å². The Morgan fingerprint density at radius 2 is 2.09 bits per heavy atom. The quantitative estimate of drug-likeness (QED) is 0.380. The fraction of sp³-hybridized carbons (Fsp3) is 0.321. The van der Waals surface area contributed by atoms with Crippen molar-refractivity contribution in [1.29, 1.82) is 0 Å². The zero-order valence-electron chi connectivity index (χ0n) is 19.1. The third kappa shape index (κ3) is 4.80. The molecule has 0 spiro atoms. The summed E-state index contributed by atoms with van der Waals surface area (Å²) in [6, 6.07) is 10.6. The average molecular weight is 442 g/mol. The predicted molar refractivity (Wildman–Crippen MR) is 139 cm³/mol. The predicted octanol–water partition coefficient (Wildman–Crippen LogP) is 6.44. The second kappa shape index (κ2) is 10.2. The van der Waals surface area contributed by atoms with Crippen LogP contribution in [0.3, 0.4) is 0 Å². The molecule has 0 amide bonds. The van der Waals surface area contributed by atoms with E-state index in [0.717, 1.165) is 52.9 Å². The lowest BCUT2D eigenvalue weighted by atomic mass is 10.0. The van der Waals surface area contributed by atoms with Crippen LogP contribution in [0.15, 0.2) is 65.5 Å². The summed E-state index contributed by atoms with van der Waals surface area (Å²) < 4.78 is 0. The van der Waals surface area contributed by atoms with Gasteiger partial charge in [-0.3, -0.25) is 0 Å². The zero-order valence-corrected chi connectivity index (χ0v) is 19.9. The fourth-order valence-electron chi connectivity index (χ4n) is 4.53. The highest BCUT2D eigenvalue weighted by atomic mass is 32.1. The maximum Gasteiger partial charge on any atom is 0.141 e. The van der Waals surface area contributed by atoms with Crippen molar-refractivity contribution >= 4 is 34.1 Å². The Balaban J connectivity index is 1.61. The van der Waals surface area contributed by atoms with Gasteiger partial charge in [0.2, 0.25) is 0 Å². The molecule has 0 bridgehead atoms. The number of aliphatic imine (C=N–C) groups is 1. The SMILES string of the molecule is C#C/C=C(\C=C/C)c1ccc(C2=Nc3ccsc3C(=C)N2CCN2CCCC(C)C2)cc1. The van der Waals surface area contributed by atoms with Crippen molar-refractivity contribution in [2.75, 3.05) is 26.2 Å². The molecule has 32 heavy (non-hydrogen) atoms. The van der Waals surface area contributed by atoms with Crippen LogP contribution in [-0.2, 0) is 0 Å². The normalized spacial score (nSPS) is 19.7. The molecule has 1 aromatic carbocycles. The highest BCUT2D eigenvalue weighted by molar-refractivity contribution is 7.11. The lowest BCUT2D eigenvalue weighted by molar-refractivity contribution is 0.179. The van der Waals surface area contributed by atoms with Crippen molar-refractivity contribution in [2.45, 2.75) is 26.7 Å². The van der Waals surface area contributed by atoms with E-state index < -0.39 is 0 Å². The summed E-state index contributed by atoms with van der Waals surface area (Å²) in [4.78, 5) is 11.1. The molecule has 0 radical (unpaired) electrons. The molecule has 164 valence electrons. The topological polar surface area (TPSA) is 18.8 Å². The molecule has 2 aliphatic rings. The third-order valence-corrected chi connectivity index (χ3v) is 7.11. The van der Waals surface area contributed by atoms with Crippen LogP contribution in [0.5, 0.6) is 0 Å². The smallest absolute Gasteiger partial charge is 0.141 e. The van der Waals surface area contributed by atoms with Gasteiger partial charge < -0.3 is 9.80 Å². The fourth-order valence-corrected chi connectivity index (χ4v) is 5.35. The standard InChI is InChI=1S/C28H31N3S/c1-5-8-23(9-6-2)24-11-13-25(14-12-24)28-29-26-15-19-32-27(26)22(4)31(28)18-17-30-16-7-10-21(3)20-30/h1,6,8-9,11-15,19,21H,4,7,10,16-18,20H2,2-3H3/b9-6-,23-8+. The number of terminal acetylenes is 1. The third-order valence-electron chi connectivity index (χ3n) is 6.16. The largest absolute Gasteiger partial charge is 0.324 e. The van der Waals surface area contributed by atoms with Crippen molar-refractivity contribution in [2.24, 2.45) is 10.9 Å². The van der Waals surface area contributed by atoms with Crippen molar-refractivity contribution < 1.29 is 0 Å². The van der Waals surface area contributed by atoms with Crippen LogP contribution in [0.4, 0.5) is 5.69 Å². The van der Waals surface area contributed by atoms with E-state index in [1.165, 1.54) is 30.8 Å². The van der Waals surface area contributed by atoms with Crippen LogP contribution in [-0.4, -0.2) is 41.8 Å². The molecule has 1 atom stereocenters. The Morgan fingerprint density at radius 3 is 2.81 bits per heavy atom.